The van der Waals surface area contributed by atoms with E-state index in [0.29, 0.717) is 6.42 Å². The second-order valence-corrected chi connectivity index (χ2v) is 7.21. The largest absolute Gasteiger partial charge is 0.340 e. The van der Waals surface area contributed by atoms with E-state index >= 15 is 0 Å². The lowest BCUT2D eigenvalue weighted by Crippen LogP contribution is -2.49. The predicted octanol–water partition coefficient (Wildman–Crippen LogP) is 2.73. The smallest absolute Gasteiger partial charge is 0.227 e. The number of carbonyl (C=O) groups is 1. The summed E-state index contributed by atoms with van der Waals surface area (Å²) in [5, 5.41) is 2.38. The van der Waals surface area contributed by atoms with Crippen molar-refractivity contribution in [3.8, 4) is 0 Å². The first-order valence-corrected chi connectivity index (χ1v) is 9.65. The summed E-state index contributed by atoms with van der Waals surface area (Å²) < 4.78 is 2.18. The molecule has 0 spiro atoms. The molecule has 5 nitrogen and oxygen atoms in total. The standard InChI is InChI=1S/C22H26N4O/c1-18-23-9-10-25(18)14-11-24-12-15-26(16-13-24)22(27)17-20-7-4-6-19-5-2-3-8-21(19)20/h2-10H,11-17H2,1H3. The van der Waals surface area contributed by atoms with Crippen LogP contribution in [0.3, 0.4) is 0 Å². The number of hydrogen-bond donors (Lipinski definition) is 0. The fraction of sp³-hybridized carbons (Fsp3) is 0.364. The molecule has 1 aliphatic rings. The van der Waals surface area contributed by atoms with Gasteiger partial charge in [0.2, 0.25) is 5.91 Å². The zero-order valence-corrected chi connectivity index (χ0v) is 15.8. The highest BCUT2D eigenvalue weighted by molar-refractivity contribution is 5.90. The van der Waals surface area contributed by atoms with Crippen LogP contribution < -0.4 is 0 Å². The molecule has 4 rings (SSSR count). The van der Waals surface area contributed by atoms with Crippen molar-refractivity contribution in [2.24, 2.45) is 0 Å². The van der Waals surface area contributed by atoms with Crippen molar-refractivity contribution in [1.29, 1.82) is 0 Å². The highest BCUT2D eigenvalue weighted by atomic mass is 16.2. The molecule has 2 heterocycles. The number of carbonyl (C=O) groups excluding carboxylic acids is 1. The number of fused-ring (bicyclic) bond motifs is 1. The van der Waals surface area contributed by atoms with Gasteiger partial charge in [-0.1, -0.05) is 42.5 Å². The normalized spacial score (nSPS) is 15.4. The number of aryl methyl sites for hydroxylation is 1. The van der Waals surface area contributed by atoms with Gasteiger partial charge in [0.25, 0.3) is 0 Å². The zero-order chi connectivity index (χ0) is 18.6. The number of aromatic nitrogens is 2. The van der Waals surface area contributed by atoms with Gasteiger partial charge in [-0.05, 0) is 23.3 Å². The summed E-state index contributed by atoms with van der Waals surface area (Å²) >= 11 is 0. The van der Waals surface area contributed by atoms with Crippen LogP contribution in [0.25, 0.3) is 10.8 Å². The molecule has 0 atom stereocenters. The van der Waals surface area contributed by atoms with E-state index in [1.807, 2.05) is 42.4 Å². The summed E-state index contributed by atoms with van der Waals surface area (Å²) in [6, 6.07) is 14.5. The third-order valence-corrected chi connectivity index (χ3v) is 5.53. The van der Waals surface area contributed by atoms with E-state index in [0.717, 1.165) is 50.7 Å². The first kappa shape index (κ1) is 17.7. The topological polar surface area (TPSA) is 41.4 Å². The third-order valence-electron chi connectivity index (χ3n) is 5.53. The van der Waals surface area contributed by atoms with E-state index in [1.165, 1.54) is 10.8 Å². The Kier molecular flexibility index (Phi) is 5.21. The number of hydrogen-bond acceptors (Lipinski definition) is 3. The molecule has 5 heteroatoms. The molecule has 27 heavy (non-hydrogen) atoms. The SMILES string of the molecule is Cc1nccn1CCN1CCN(C(=O)Cc2cccc3ccccc23)CC1. The molecule has 1 aromatic heterocycles. The van der Waals surface area contributed by atoms with Gasteiger partial charge >= 0.3 is 0 Å². The van der Waals surface area contributed by atoms with Gasteiger partial charge in [0, 0.05) is 51.7 Å². The minimum atomic E-state index is 0.233. The van der Waals surface area contributed by atoms with Gasteiger partial charge in [-0.25, -0.2) is 4.98 Å². The van der Waals surface area contributed by atoms with Crippen molar-refractivity contribution >= 4 is 16.7 Å². The van der Waals surface area contributed by atoms with Gasteiger partial charge in [-0.15, -0.1) is 0 Å². The predicted molar refractivity (Wildman–Crippen MR) is 108 cm³/mol. The van der Waals surface area contributed by atoms with E-state index in [2.05, 4.69) is 38.7 Å². The Morgan fingerprint density at radius 2 is 1.78 bits per heavy atom. The Hall–Kier alpha value is -2.66. The number of piperazine rings is 1. The van der Waals surface area contributed by atoms with Crippen molar-refractivity contribution in [3.63, 3.8) is 0 Å². The molecule has 0 bridgehead atoms. The fourth-order valence-corrected chi connectivity index (χ4v) is 3.83. The van der Waals surface area contributed by atoms with Crippen LogP contribution in [0.5, 0.6) is 0 Å². The summed E-state index contributed by atoms with van der Waals surface area (Å²) in [4.78, 5) is 21.5. The fourth-order valence-electron chi connectivity index (χ4n) is 3.83. The van der Waals surface area contributed by atoms with Crippen LogP contribution in [0.15, 0.2) is 54.9 Å². The van der Waals surface area contributed by atoms with E-state index in [9.17, 15) is 4.79 Å². The van der Waals surface area contributed by atoms with Gasteiger partial charge < -0.3 is 9.47 Å². The van der Waals surface area contributed by atoms with Gasteiger partial charge in [0.05, 0.1) is 6.42 Å². The molecular weight excluding hydrogens is 336 g/mol. The highest BCUT2D eigenvalue weighted by Crippen LogP contribution is 2.19. The lowest BCUT2D eigenvalue weighted by molar-refractivity contribution is -0.132. The molecule has 140 valence electrons. The summed E-state index contributed by atoms with van der Waals surface area (Å²) in [7, 11) is 0. The number of benzene rings is 2. The van der Waals surface area contributed by atoms with Crippen molar-refractivity contribution in [3.05, 3.63) is 66.2 Å². The van der Waals surface area contributed by atoms with Crippen molar-refractivity contribution < 1.29 is 4.79 Å². The van der Waals surface area contributed by atoms with Crippen LogP contribution in [0.4, 0.5) is 0 Å². The molecular formula is C22H26N4O. The number of rotatable bonds is 5. The average Bonchev–Trinajstić information content (AvgIpc) is 3.12. The van der Waals surface area contributed by atoms with Crippen LogP contribution in [-0.4, -0.2) is 58.0 Å². The van der Waals surface area contributed by atoms with Crippen molar-refractivity contribution in [2.75, 3.05) is 32.7 Å². The maximum atomic E-state index is 12.8. The molecule has 1 aliphatic heterocycles. The van der Waals surface area contributed by atoms with Crippen LogP contribution in [0.2, 0.25) is 0 Å². The summed E-state index contributed by atoms with van der Waals surface area (Å²) in [6.45, 7) is 7.49. The lowest BCUT2D eigenvalue weighted by atomic mass is 10.0. The second-order valence-electron chi connectivity index (χ2n) is 7.21. The quantitative estimate of drug-likeness (QED) is 0.701. The van der Waals surface area contributed by atoms with E-state index < -0.39 is 0 Å². The van der Waals surface area contributed by atoms with Crippen LogP contribution >= 0.6 is 0 Å². The van der Waals surface area contributed by atoms with Crippen LogP contribution in [-0.2, 0) is 17.8 Å². The van der Waals surface area contributed by atoms with E-state index in [1.54, 1.807) is 0 Å². The minimum Gasteiger partial charge on any atom is -0.340 e. The zero-order valence-electron chi connectivity index (χ0n) is 15.8. The number of nitrogens with zero attached hydrogens (tertiary/aromatic N) is 4. The molecule has 0 N–H and O–H groups in total. The molecule has 1 fully saturated rings. The van der Waals surface area contributed by atoms with Gasteiger partial charge in [0.1, 0.15) is 5.82 Å². The highest BCUT2D eigenvalue weighted by Gasteiger charge is 2.21. The number of amides is 1. The molecule has 0 saturated carbocycles. The Balaban J connectivity index is 1.31. The van der Waals surface area contributed by atoms with Gasteiger partial charge in [0.15, 0.2) is 0 Å². The molecule has 3 aromatic rings. The first-order valence-electron chi connectivity index (χ1n) is 9.65. The second kappa shape index (κ2) is 7.92. The molecule has 1 amide bonds. The monoisotopic (exact) mass is 362 g/mol. The van der Waals surface area contributed by atoms with E-state index in [4.69, 9.17) is 0 Å². The molecule has 0 aliphatic carbocycles. The molecule has 2 aromatic carbocycles. The molecule has 1 saturated heterocycles. The minimum absolute atomic E-state index is 0.233. The Morgan fingerprint density at radius 1 is 1.00 bits per heavy atom. The van der Waals surface area contributed by atoms with Crippen molar-refractivity contribution in [1.82, 2.24) is 19.4 Å². The lowest BCUT2D eigenvalue weighted by Gasteiger charge is -2.35. The Morgan fingerprint density at radius 3 is 2.56 bits per heavy atom. The van der Waals surface area contributed by atoms with Gasteiger partial charge in [-0.2, -0.15) is 0 Å². The number of imidazole rings is 1. The maximum Gasteiger partial charge on any atom is 0.227 e. The van der Waals surface area contributed by atoms with Crippen LogP contribution in [0, 0.1) is 6.92 Å². The summed E-state index contributed by atoms with van der Waals surface area (Å²) in [6.07, 6.45) is 4.36. The molecule has 0 unspecified atom stereocenters. The average molecular weight is 362 g/mol. The third kappa shape index (κ3) is 4.03. The molecule has 0 radical (unpaired) electrons. The first-order chi connectivity index (χ1) is 13.2. The van der Waals surface area contributed by atoms with Gasteiger partial charge in [-0.3, -0.25) is 9.69 Å². The Labute approximate surface area is 160 Å². The summed E-state index contributed by atoms with van der Waals surface area (Å²) in [5.41, 5.74) is 1.12. The van der Waals surface area contributed by atoms with Crippen molar-refractivity contribution in [2.45, 2.75) is 19.9 Å². The Bertz CT molecular complexity index is 919. The summed E-state index contributed by atoms with van der Waals surface area (Å²) in [5.74, 6) is 1.29. The van der Waals surface area contributed by atoms with E-state index in [-0.39, 0.29) is 5.91 Å². The maximum absolute atomic E-state index is 12.8. The van der Waals surface area contributed by atoms with Crippen LogP contribution in [0.1, 0.15) is 11.4 Å².